The highest BCUT2D eigenvalue weighted by atomic mass is 35.5. The molecule has 0 spiro atoms. The van der Waals surface area contributed by atoms with E-state index in [1.807, 2.05) is 30.3 Å². The van der Waals surface area contributed by atoms with Gasteiger partial charge in [-0.15, -0.1) is 5.73 Å². The maximum Gasteiger partial charge on any atom is 0.269 e. The van der Waals surface area contributed by atoms with Gasteiger partial charge >= 0.3 is 0 Å². The second-order valence-corrected chi connectivity index (χ2v) is 7.99. The second-order valence-electron chi connectivity index (χ2n) is 7.58. The molecule has 0 aliphatic heterocycles. The molecule has 0 aliphatic carbocycles. The lowest BCUT2D eigenvalue weighted by Crippen LogP contribution is -2.06. The lowest BCUT2D eigenvalue weighted by molar-refractivity contribution is -0.384. The molecule has 3 rings (SSSR count). The van der Waals surface area contributed by atoms with Crippen LogP contribution in [0.1, 0.15) is 36.2 Å². The van der Waals surface area contributed by atoms with Gasteiger partial charge in [0.2, 0.25) is 0 Å². The summed E-state index contributed by atoms with van der Waals surface area (Å²) in [4.78, 5) is 10.4. The molecule has 0 unspecified atom stereocenters. The average Bonchev–Trinajstić information content (AvgIpc) is 2.83. The number of benzene rings is 3. The number of aliphatic hydroxyl groups is 2. The van der Waals surface area contributed by atoms with Crippen molar-refractivity contribution < 1.29 is 25.0 Å². The standard InChI is InChI=1S/C26H24ClNO6/c27-24-16-21(29)13-14-23(24)25(30)8-4-5-18(17-34-22-6-2-1-3-7-22)15-26(31)19-9-11-20(12-10-19)28(32)33/h1-4,6-7,9-14,16,25-26,29-31H,8,15,17H2/t5?,25-,26-/m1/s1. The molecule has 0 aliphatic rings. The Balaban J connectivity index is 1.75. The summed E-state index contributed by atoms with van der Waals surface area (Å²) in [7, 11) is 0. The first kappa shape index (κ1) is 25.0. The van der Waals surface area contributed by atoms with Gasteiger partial charge in [0, 0.05) is 30.5 Å². The summed E-state index contributed by atoms with van der Waals surface area (Å²) >= 11 is 6.10. The highest BCUT2D eigenvalue weighted by molar-refractivity contribution is 6.31. The maximum absolute atomic E-state index is 10.9. The van der Waals surface area contributed by atoms with Crippen molar-refractivity contribution in [1.82, 2.24) is 0 Å². The fourth-order valence-corrected chi connectivity index (χ4v) is 3.55. The SMILES string of the molecule is O=[N+]([O-])c1ccc([C@H](O)CC(=C=CC[C@@H](O)c2ccc(O)cc2Cl)COc2ccccc2)cc1. The van der Waals surface area contributed by atoms with Crippen LogP contribution < -0.4 is 4.74 Å². The van der Waals surface area contributed by atoms with Crippen molar-refractivity contribution in [3.8, 4) is 11.5 Å². The zero-order valence-corrected chi connectivity index (χ0v) is 18.9. The third kappa shape index (κ3) is 7.20. The predicted molar refractivity (Wildman–Crippen MR) is 129 cm³/mol. The zero-order chi connectivity index (χ0) is 24.5. The van der Waals surface area contributed by atoms with Crippen LogP contribution in [-0.4, -0.2) is 26.8 Å². The molecular formula is C26H24ClNO6. The first-order valence-corrected chi connectivity index (χ1v) is 10.9. The van der Waals surface area contributed by atoms with Crippen LogP contribution in [0.3, 0.4) is 0 Å². The Hall–Kier alpha value is -3.61. The van der Waals surface area contributed by atoms with Gasteiger partial charge in [-0.2, -0.15) is 0 Å². The summed E-state index contributed by atoms with van der Waals surface area (Å²) in [5.41, 5.74) is 4.69. The van der Waals surface area contributed by atoms with Gasteiger partial charge in [0.25, 0.3) is 5.69 Å². The number of nitro groups is 1. The van der Waals surface area contributed by atoms with Gasteiger partial charge in [-0.1, -0.05) is 35.9 Å². The van der Waals surface area contributed by atoms with E-state index in [1.54, 1.807) is 12.1 Å². The van der Waals surface area contributed by atoms with E-state index in [-0.39, 0.29) is 35.9 Å². The van der Waals surface area contributed by atoms with E-state index in [4.69, 9.17) is 16.3 Å². The van der Waals surface area contributed by atoms with E-state index in [0.29, 0.717) is 22.4 Å². The number of nitrogens with zero attached hydrogens (tertiary/aromatic N) is 1. The van der Waals surface area contributed by atoms with Crippen LogP contribution in [-0.2, 0) is 0 Å². The molecule has 2 atom stereocenters. The molecule has 7 nitrogen and oxygen atoms in total. The summed E-state index contributed by atoms with van der Waals surface area (Å²) < 4.78 is 5.80. The number of phenols is 1. The number of rotatable bonds is 10. The van der Waals surface area contributed by atoms with E-state index in [0.717, 1.165) is 0 Å². The van der Waals surface area contributed by atoms with E-state index in [9.17, 15) is 25.4 Å². The number of aromatic hydroxyl groups is 1. The number of hydrogen-bond donors (Lipinski definition) is 3. The van der Waals surface area contributed by atoms with Crippen molar-refractivity contribution in [2.75, 3.05) is 6.61 Å². The van der Waals surface area contributed by atoms with Gasteiger partial charge in [-0.05, 0) is 53.6 Å². The Morgan fingerprint density at radius 1 is 1.06 bits per heavy atom. The number of para-hydroxylation sites is 1. The Morgan fingerprint density at radius 2 is 1.76 bits per heavy atom. The van der Waals surface area contributed by atoms with Crippen molar-refractivity contribution in [2.45, 2.75) is 25.0 Å². The van der Waals surface area contributed by atoms with Crippen molar-refractivity contribution >= 4 is 17.3 Å². The van der Waals surface area contributed by atoms with Crippen molar-refractivity contribution in [3.63, 3.8) is 0 Å². The molecule has 0 fully saturated rings. The van der Waals surface area contributed by atoms with Crippen LogP contribution in [0.5, 0.6) is 11.5 Å². The molecule has 0 saturated carbocycles. The van der Waals surface area contributed by atoms with Crippen LogP contribution in [0.15, 0.2) is 90.2 Å². The third-order valence-electron chi connectivity index (χ3n) is 5.08. The van der Waals surface area contributed by atoms with Crippen LogP contribution in [0, 0.1) is 10.1 Å². The van der Waals surface area contributed by atoms with Crippen molar-refractivity contribution in [3.05, 3.63) is 116 Å². The fraction of sp³-hybridized carbons (Fsp3) is 0.192. The van der Waals surface area contributed by atoms with Crippen LogP contribution in [0.25, 0.3) is 0 Å². The molecule has 0 saturated heterocycles. The van der Waals surface area contributed by atoms with Gasteiger partial charge in [0.15, 0.2) is 0 Å². The van der Waals surface area contributed by atoms with E-state index in [1.165, 1.54) is 36.4 Å². The Bertz CT molecular complexity index is 1170. The number of aliphatic hydroxyl groups excluding tert-OH is 2. The molecular weight excluding hydrogens is 458 g/mol. The Morgan fingerprint density at radius 3 is 2.41 bits per heavy atom. The molecule has 0 radical (unpaired) electrons. The quantitative estimate of drug-likeness (QED) is 0.195. The molecule has 176 valence electrons. The summed E-state index contributed by atoms with van der Waals surface area (Å²) in [6.45, 7) is 0.153. The van der Waals surface area contributed by atoms with Crippen molar-refractivity contribution in [2.24, 2.45) is 0 Å². The minimum atomic E-state index is -0.924. The second kappa shape index (κ2) is 12.0. The molecule has 0 bridgehead atoms. The van der Waals surface area contributed by atoms with E-state index in [2.05, 4.69) is 5.73 Å². The summed E-state index contributed by atoms with van der Waals surface area (Å²) in [5.74, 6) is 0.666. The number of ether oxygens (including phenoxy) is 1. The molecule has 8 heteroatoms. The van der Waals surface area contributed by atoms with Gasteiger partial charge in [-0.25, -0.2) is 0 Å². The van der Waals surface area contributed by atoms with E-state index < -0.39 is 17.1 Å². The first-order valence-electron chi connectivity index (χ1n) is 10.5. The molecule has 3 aromatic carbocycles. The lowest BCUT2D eigenvalue weighted by atomic mass is 10.0. The van der Waals surface area contributed by atoms with E-state index >= 15 is 0 Å². The van der Waals surface area contributed by atoms with Gasteiger partial charge in [0.1, 0.15) is 18.1 Å². The first-order chi connectivity index (χ1) is 16.3. The monoisotopic (exact) mass is 481 g/mol. The zero-order valence-electron chi connectivity index (χ0n) is 18.2. The normalized spacial score (nSPS) is 12.3. The summed E-state index contributed by atoms with van der Waals surface area (Å²) in [5, 5.41) is 41.7. The molecule has 0 amide bonds. The fourth-order valence-electron chi connectivity index (χ4n) is 3.24. The maximum atomic E-state index is 10.9. The smallest absolute Gasteiger partial charge is 0.269 e. The number of nitro benzene ring substituents is 1. The molecule has 3 N–H and O–H groups in total. The lowest BCUT2D eigenvalue weighted by Gasteiger charge is -2.14. The molecule has 0 aromatic heterocycles. The summed E-state index contributed by atoms with van der Waals surface area (Å²) in [6, 6.07) is 19.3. The van der Waals surface area contributed by atoms with Gasteiger partial charge < -0.3 is 20.1 Å². The predicted octanol–water partition coefficient (Wildman–Crippen LogP) is 5.66. The highest BCUT2D eigenvalue weighted by Gasteiger charge is 2.14. The van der Waals surface area contributed by atoms with Crippen LogP contribution >= 0.6 is 11.6 Å². The number of non-ortho nitro benzene ring substituents is 1. The van der Waals surface area contributed by atoms with Crippen LogP contribution in [0.2, 0.25) is 5.02 Å². The van der Waals surface area contributed by atoms with Crippen molar-refractivity contribution in [1.29, 1.82) is 0 Å². The average molecular weight is 482 g/mol. The number of phenolic OH excluding ortho intramolecular Hbond substituents is 1. The highest BCUT2D eigenvalue weighted by Crippen LogP contribution is 2.29. The molecule has 3 aromatic rings. The number of halogens is 1. The largest absolute Gasteiger partial charge is 0.508 e. The third-order valence-corrected chi connectivity index (χ3v) is 5.40. The minimum absolute atomic E-state index is 0.0111. The van der Waals surface area contributed by atoms with Crippen LogP contribution in [0.4, 0.5) is 5.69 Å². The Kier molecular flexibility index (Phi) is 8.85. The van der Waals surface area contributed by atoms with Gasteiger partial charge in [0.05, 0.1) is 22.2 Å². The summed E-state index contributed by atoms with van der Waals surface area (Å²) in [6.07, 6.45) is 0.189. The Labute approximate surface area is 202 Å². The minimum Gasteiger partial charge on any atom is -0.508 e. The molecule has 34 heavy (non-hydrogen) atoms. The van der Waals surface area contributed by atoms with Gasteiger partial charge in [-0.3, -0.25) is 10.1 Å². The topological polar surface area (TPSA) is 113 Å². The molecule has 0 heterocycles. The number of hydrogen-bond acceptors (Lipinski definition) is 6.